The molecule has 2 fully saturated rings. The van der Waals surface area contributed by atoms with Gasteiger partial charge < -0.3 is 18.6 Å². The van der Waals surface area contributed by atoms with Crippen molar-refractivity contribution >= 4 is 14.3 Å². The summed E-state index contributed by atoms with van der Waals surface area (Å²) in [5.41, 5.74) is 8.82. The van der Waals surface area contributed by atoms with Crippen molar-refractivity contribution in [3.05, 3.63) is 10.4 Å². The molecule has 2 rings (SSSR count). The van der Waals surface area contributed by atoms with Gasteiger partial charge in [-0.2, -0.15) is 0 Å². The SMILES string of the molecule is CC(=O)OC1[C@H](N=[N+]=[N-])C2OC[C@@H](O2)[C@H]1O[Si](C)(C)C(C)(C)C. The first-order chi connectivity index (χ1) is 10.6. The summed E-state index contributed by atoms with van der Waals surface area (Å²) < 4.78 is 23.2. The largest absolute Gasteiger partial charge is 0.459 e. The van der Waals surface area contributed by atoms with Crippen LogP contribution in [0.1, 0.15) is 27.7 Å². The van der Waals surface area contributed by atoms with Crippen LogP contribution in [-0.4, -0.2) is 51.5 Å². The quantitative estimate of drug-likeness (QED) is 0.257. The maximum Gasteiger partial charge on any atom is 0.303 e. The highest BCUT2D eigenvalue weighted by Crippen LogP contribution is 2.41. The van der Waals surface area contributed by atoms with Crippen molar-refractivity contribution in [2.45, 2.75) is 76.5 Å². The van der Waals surface area contributed by atoms with Gasteiger partial charge in [-0.15, -0.1) is 0 Å². The van der Waals surface area contributed by atoms with Gasteiger partial charge in [0.15, 0.2) is 14.6 Å². The van der Waals surface area contributed by atoms with E-state index in [4.69, 9.17) is 24.2 Å². The van der Waals surface area contributed by atoms with Gasteiger partial charge in [0.05, 0.1) is 6.61 Å². The number of rotatable bonds is 4. The molecule has 23 heavy (non-hydrogen) atoms. The monoisotopic (exact) mass is 343 g/mol. The van der Waals surface area contributed by atoms with Gasteiger partial charge in [0.1, 0.15) is 24.4 Å². The summed E-state index contributed by atoms with van der Waals surface area (Å²) in [5.74, 6) is -0.446. The third kappa shape index (κ3) is 3.69. The van der Waals surface area contributed by atoms with E-state index < -0.39 is 38.8 Å². The zero-order valence-corrected chi connectivity index (χ0v) is 15.5. The minimum atomic E-state index is -2.14. The molecule has 0 aromatic carbocycles. The molecule has 5 atom stereocenters. The second-order valence-corrected chi connectivity index (χ2v) is 12.2. The van der Waals surface area contributed by atoms with Crippen molar-refractivity contribution in [1.82, 2.24) is 0 Å². The molecule has 9 heteroatoms. The van der Waals surface area contributed by atoms with Crippen LogP contribution < -0.4 is 0 Å². The van der Waals surface area contributed by atoms with E-state index >= 15 is 0 Å². The highest BCUT2D eigenvalue weighted by Gasteiger charge is 2.55. The van der Waals surface area contributed by atoms with Crippen LogP contribution in [0.25, 0.3) is 10.4 Å². The Morgan fingerprint density at radius 2 is 2.00 bits per heavy atom. The van der Waals surface area contributed by atoms with Crippen LogP contribution in [0.15, 0.2) is 5.11 Å². The number of ether oxygens (including phenoxy) is 3. The van der Waals surface area contributed by atoms with Crippen molar-refractivity contribution < 1.29 is 23.4 Å². The van der Waals surface area contributed by atoms with Gasteiger partial charge in [0.2, 0.25) is 0 Å². The molecule has 130 valence electrons. The Balaban J connectivity index is 2.32. The molecule has 2 saturated heterocycles. The van der Waals surface area contributed by atoms with Gasteiger partial charge in [-0.3, -0.25) is 4.79 Å². The van der Waals surface area contributed by atoms with E-state index in [2.05, 4.69) is 43.9 Å². The Bertz CT molecular complexity index is 515. The van der Waals surface area contributed by atoms with Crippen LogP contribution in [0, 0.1) is 0 Å². The minimum absolute atomic E-state index is 0.0158. The van der Waals surface area contributed by atoms with Crippen LogP contribution in [-0.2, 0) is 23.4 Å². The molecule has 0 radical (unpaired) electrons. The summed E-state index contributed by atoms with van der Waals surface area (Å²) in [7, 11) is -2.14. The molecule has 0 aliphatic carbocycles. The Labute approximate surface area is 137 Å². The standard InChI is InChI=1S/C14H25N3O5Si/c1-8(18)20-12-10(16-17-15)13-19-7-9(21-13)11(12)22-23(5,6)14(2,3)4/h9-13H,7H2,1-6H3/t9-,10+,11-,12?,13?/m1/s1. The number of carbonyl (C=O) groups excluding carboxylic acids is 1. The predicted molar refractivity (Wildman–Crippen MR) is 85.2 cm³/mol. The zero-order valence-electron chi connectivity index (χ0n) is 14.5. The number of hydrogen-bond donors (Lipinski definition) is 0. The van der Waals surface area contributed by atoms with Crippen molar-refractivity contribution in [3.63, 3.8) is 0 Å². The van der Waals surface area contributed by atoms with Crippen molar-refractivity contribution in [2.75, 3.05) is 6.61 Å². The van der Waals surface area contributed by atoms with E-state index in [0.717, 1.165) is 0 Å². The van der Waals surface area contributed by atoms with Crippen molar-refractivity contribution in [3.8, 4) is 0 Å². The van der Waals surface area contributed by atoms with Gasteiger partial charge >= 0.3 is 5.97 Å². The minimum Gasteiger partial charge on any atom is -0.459 e. The zero-order chi connectivity index (χ0) is 17.4. The normalized spacial score (nSPS) is 33.9. The number of esters is 1. The highest BCUT2D eigenvalue weighted by molar-refractivity contribution is 6.74. The molecule has 8 nitrogen and oxygen atoms in total. The summed E-state index contributed by atoms with van der Waals surface area (Å²) in [5, 5.41) is 3.71. The van der Waals surface area contributed by atoms with Crippen LogP contribution in [0.2, 0.25) is 18.1 Å². The molecule has 0 spiro atoms. The summed E-state index contributed by atoms with van der Waals surface area (Å²) in [4.78, 5) is 14.4. The molecule has 2 aliphatic rings. The molecular formula is C14H25N3O5Si. The summed E-state index contributed by atoms with van der Waals surface area (Å²) in [6.45, 7) is 12.3. The first kappa shape index (κ1) is 18.2. The number of azide groups is 1. The maximum atomic E-state index is 11.5. The lowest BCUT2D eigenvalue weighted by molar-refractivity contribution is -0.194. The molecule has 0 aromatic rings. The molecule has 0 N–H and O–H groups in total. The van der Waals surface area contributed by atoms with Crippen LogP contribution in [0.4, 0.5) is 0 Å². The van der Waals surface area contributed by atoms with Gasteiger partial charge in [0, 0.05) is 11.8 Å². The van der Waals surface area contributed by atoms with Crippen LogP contribution in [0.3, 0.4) is 0 Å². The third-order valence-electron chi connectivity index (χ3n) is 4.76. The molecule has 2 bridgehead atoms. The fourth-order valence-electron chi connectivity index (χ4n) is 2.52. The second kappa shape index (κ2) is 6.41. The Morgan fingerprint density at radius 3 is 2.52 bits per heavy atom. The highest BCUT2D eigenvalue weighted by atomic mass is 28.4. The van der Waals surface area contributed by atoms with Crippen molar-refractivity contribution in [1.29, 1.82) is 0 Å². The van der Waals surface area contributed by atoms with E-state index in [1.165, 1.54) is 6.92 Å². The maximum absolute atomic E-state index is 11.5. The van der Waals surface area contributed by atoms with E-state index in [1.807, 2.05) is 0 Å². The molecule has 2 unspecified atom stereocenters. The lowest BCUT2D eigenvalue weighted by Gasteiger charge is -2.45. The Hall–Kier alpha value is -1.12. The number of fused-ring (bicyclic) bond motifs is 2. The lowest BCUT2D eigenvalue weighted by Crippen LogP contribution is -2.59. The van der Waals surface area contributed by atoms with Crippen LogP contribution in [0.5, 0.6) is 0 Å². The first-order valence-electron chi connectivity index (χ1n) is 7.73. The smallest absolute Gasteiger partial charge is 0.303 e. The average molecular weight is 343 g/mol. The van der Waals surface area contributed by atoms with Gasteiger partial charge in [0.25, 0.3) is 0 Å². The molecule has 0 aromatic heterocycles. The Kier molecular flexibility index (Phi) is 5.08. The van der Waals surface area contributed by atoms with E-state index in [1.54, 1.807) is 0 Å². The topological polar surface area (TPSA) is 103 Å². The molecule has 2 aliphatic heterocycles. The number of hydrogen-bond acceptors (Lipinski definition) is 6. The Morgan fingerprint density at radius 1 is 1.35 bits per heavy atom. The average Bonchev–Trinajstić information content (AvgIpc) is 2.83. The summed E-state index contributed by atoms with van der Waals surface area (Å²) >= 11 is 0. The molecule has 0 saturated carbocycles. The fourth-order valence-corrected chi connectivity index (χ4v) is 3.84. The van der Waals surface area contributed by atoms with Gasteiger partial charge in [-0.25, -0.2) is 0 Å². The van der Waals surface area contributed by atoms with Crippen molar-refractivity contribution in [2.24, 2.45) is 5.11 Å². The third-order valence-corrected chi connectivity index (χ3v) is 9.24. The summed E-state index contributed by atoms with van der Waals surface area (Å²) in [6, 6.07) is -0.752. The lowest BCUT2D eigenvalue weighted by atomic mass is 9.99. The molecule has 0 amide bonds. The van der Waals surface area contributed by atoms with Crippen LogP contribution >= 0.6 is 0 Å². The fraction of sp³-hybridized carbons (Fsp3) is 0.929. The van der Waals surface area contributed by atoms with E-state index in [-0.39, 0.29) is 11.1 Å². The van der Waals surface area contributed by atoms with E-state index in [0.29, 0.717) is 6.61 Å². The van der Waals surface area contributed by atoms with Gasteiger partial charge in [-0.05, 0) is 23.7 Å². The summed E-state index contributed by atoms with van der Waals surface area (Å²) in [6.07, 6.45) is -2.24. The number of nitrogens with zero attached hydrogens (tertiary/aromatic N) is 3. The van der Waals surface area contributed by atoms with E-state index in [9.17, 15) is 4.79 Å². The predicted octanol–water partition coefficient (Wildman–Crippen LogP) is 2.74. The number of carbonyl (C=O) groups is 1. The molecular weight excluding hydrogens is 318 g/mol. The molecule has 2 heterocycles. The second-order valence-electron chi connectivity index (χ2n) is 7.49. The van der Waals surface area contributed by atoms with Gasteiger partial charge in [-0.1, -0.05) is 25.9 Å². The first-order valence-corrected chi connectivity index (χ1v) is 10.6.